The summed E-state index contributed by atoms with van der Waals surface area (Å²) in [6.45, 7) is -0.275. The van der Waals surface area contributed by atoms with E-state index in [9.17, 15) is 14.0 Å². The van der Waals surface area contributed by atoms with E-state index in [2.05, 4.69) is 10.5 Å². The van der Waals surface area contributed by atoms with E-state index in [1.54, 1.807) is 55.6 Å². The molecule has 0 bridgehead atoms. The smallest absolute Gasteiger partial charge is 0.343 e. The molecule has 7 nitrogen and oxygen atoms in total. The zero-order chi connectivity index (χ0) is 22.1. The van der Waals surface area contributed by atoms with Crippen LogP contribution in [-0.2, 0) is 4.79 Å². The predicted molar refractivity (Wildman–Crippen MR) is 112 cm³/mol. The summed E-state index contributed by atoms with van der Waals surface area (Å²) in [4.78, 5) is 24.0. The number of amides is 1. The number of ether oxygens (including phenoxy) is 3. The minimum atomic E-state index is -0.511. The summed E-state index contributed by atoms with van der Waals surface area (Å²) in [6.07, 6.45) is 1.40. The molecule has 0 heterocycles. The van der Waals surface area contributed by atoms with Crippen LogP contribution in [0.4, 0.5) is 4.39 Å². The van der Waals surface area contributed by atoms with Gasteiger partial charge in [-0.15, -0.1) is 0 Å². The second kappa shape index (κ2) is 10.5. The summed E-state index contributed by atoms with van der Waals surface area (Å²) < 4.78 is 28.5. The van der Waals surface area contributed by atoms with E-state index in [0.717, 1.165) is 0 Å². The van der Waals surface area contributed by atoms with E-state index in [4.69, 9.17) is 14.2 Å². The molecule has 1 N–H and O–H groups in total. The van der Waals surface area contributed by atoms with E-state index in [1.807, 2.05) is 0 Å². The van der Waals surface area contributed by atoms with Crippen LogP contribution in [0.2, 0.25) is 0 Å². The molecule has 0 spiro atoms. The summed E-state index contributed by atoms with van der Waals surface area (Å²) in [6, 6.07) is 18.5. The second-order valence-corrected chi connectivity index (χ2v) is 6.23. The molecule has 0 aliphatic carbocycles. The van der Waals surface area contributed by atoms with Gasteiger partial charge < -0.3 is 14.2 Å². The quantitative estimate of drug-likeness (QED) is 0.260. The third-order valence-electron chi connectivity index (χ3n) is 3.98. The van der Waals surface area contributed by atoms with Gasteiger partial charge in [0.15, 0.2) is 6.61 Å². The third kappa shape index (κ3) is 6.67. The molecule has 31 heavy (non-hydrogen) atoms. The molecule has 0 unspecified atom stereocenters. The molecule has 158 valence electrons. The van der Waals surface area contributed by atoms with Gasteiger partial charge in [-0.3, -0.25) is 4.79 Å². The van der Waals surface area contributed by atoms with Crippen LogP contribution in [0.1, 0.15) is 15.9 Å². The first-order valence-corrected chi connectivity index (χ1v) is 9.20. The average Bonchev–Trinajstić information content (AvgIpc) is 2.79. The summed E-state index contributed by atoms with van der Waals surface area (Å²) in [7, 11) is 1.54. The third-order valence-corrected chi connectivity index (χ3v) is 3.98. The lowest BCUT2D eigenvalue weighted by molar-refractivity contribution is -0.123. The Balaban J connectivity index is 1.50. The zero-order valence-corrected chi connectivity index (χ0v) is 16.6. The van der Waals surface area contributed by atoms with Crippen molar-refractivity contribution in [1.82, 2.24) is 5.43 Å². The molecule has 3 rings (SSSR count). The maximum Gasteiger partial charge on any atom is 0.343 e. The standard InChI is InChI=1S/C23H19FN2O5/c1-29-19-9-5-17(6-10-19)23(28)31-21-4-2-3-16(13-21)14-25-26-22(27)15-30-20-11-7-18(24)8-12-20/h2-14H,15H2,1H3,(H,26,27)/b25-14+. The fourth-order valence-electron chi connectivity index (χ4n) is 2.44. The Bertz CT molecular complexity index is 1070. The van der Waals surface area contributed by atoms with Gasteiger partial charge in [-0.1, -0.05) is 12.1 Å². The van der Waals surface area contributed by atoms with Crippen molar-refractivity contribution in [2.75, 3.05) is 13.7 Å². The number of esters is 1. The summed E-state index contributed by atoms with van der Waals surface area (Å²) in [5.74, 6) is -0.0496. The first-order chi connectivity index (χ1) is 15.0. The van der Waals surface area contributed by atoms with Crippen molar-refractivity contribution in [3.63, 3.8) is 0 Å². The Kier molecular flexibility index (Phi) is 7.31. The Hall–Kier alpha value is -4.20. The Labute approximate surface area is 178 Å². The molecule has 0 aliphatic heterocycles. The Morgan fingerprint density at radius 2 is 1.68 bits per heavy atom. The minimum absolute atomic E-state index is 0.275. The number of carbonyl (C=O) groups is 2. The number of benzene rings is 3. The Morgan fingerprint density at radius 3 is 2.39 bits per heavy atom. The van der Waals surface area contributed by atoms with E-state index in [-0.39, 0.29) is 6.61 Å². The highest BCUT2D eigenvalue weighted by atomic mass is 19.1. The van der Waals surface area contributed by atoms with Crippen LogP contribution in [0, 0.1) is 5.82 Å². The molecule has 0 radical (unpaired) electrons. The van der Waals surface area contributed by atoms with Crippen LogP contribution >= 0.6 is 0 Å². The van der Waals surface area contributed by atoms with Gasteiger partial charge in [0.1, 0.15) is 23.1 Å². The lowest BCUT2D eigenvalue weighted by Gasteiger charge is -2.06. The molecule has 0 saturated carbocycles. The molecule has 0 fully saturated rings. The van der Waals surface area contributed by atoms with Gasteiger partial charge in [0, 0.05) is 0 Å². The molecular weight excluding hydrogens is 403 g/mol. The molecule has 0 saturated heterocycles. The van der Waals surface area contributed by atoms with Gasteiger partial charge in [-0.05, 0) is 66.2 Å². The van der Waals surface area contributed by atoms with Gasteiger partial charge >= 0.3 is 5.97 Å². The highest BCUT2D eigenvalue weighted by Gasteiger charge is 2.09. The highest BCUT2D eigenvalue weighted by molar-refractivity contribution is 5.91. The zero-order valence-electron chi connectivity index (χ0n) is 16.6. The second-order valence-electron chi connectivity index (χ2n) is 6.23. The first kappa shape index (κ1) is 21.5. The molecule has 3 aromatic carbocycles. The lowest BCUT2D eigenvalue weighted by Crippen LogP contribution is -2.24. The number of nitrogens with one attached hydrogen (secondary N) is 1. The molecule has 3 aromatic rings. The Morgan fingerprint density at radius 1 is 0.968 bits per heavy atom. The van der Waals surface area contributed by atoms with Crippen LogP contribution in [0.25, 0.3) is 0 Å². The SMILES string of the molecule is COc1ccc(C(=O)Oc2cccc(/C=N/NC(=O)COc3ccc(F)cc3)c2)cc1. The van der Waals surface area contributed by atoms with Crippen LogP contribution in [0.3, 0.4) is 0 Å². The van der Waals surface area contributed by atoms with Crippen molar-refractivity contribution in [2.45, 2.75) is 0 Å². The van der Waals surface area contributed by atoms with Gasteiger partial charge in [-0.2, -0.15) is 5.10 Å². The van der Waals surface area contributed by atoms with Crippen molar-refractivity contribution in [3.8, 4) is 17.2 Å². The molecule has 0 atom stereocenters. The molecule has 0 aliphatic rings. The summed E-state index contributed by atoms with van der Waals surface area (Å²) in [5.41, 5.74) is 3.32. The monoisotopic (exact) mass is 422 g/mol. The van der Waals surface area contributed by atoms with Crippen LogP contribution in [-0.4, -0.2) is 31.8 Å². The number of hydrazone groups is 1. The van der Waals surface area contributed by atoms with E-state index < -0.39 is 17.7 Å². The largest absolute Gasteiger partial charge is 0.497 e. The van der Waals surface area contributed by atoms with Gasteiger partial charge in [0.2, 0.25) is 0 Å². The topological polar surface area (TPSA) is 86.2 Å². The fraction of sp³-hybridized carbons (Fsp3) is 0.0870. The van der Waals surface area contributed by atoms with Crippen molar-refractivity contribution >= 4 is 18.1 Å². The molecule has 0 aromatic heterocycles. The average molecular weight is 422 g/mol. The van der Waals surface area contributed by atoms with Crippen molar-refractivity contribution < 1.29 is 28.2 Å². The van der Waals surface area contributed by atoms with E-state index in [1.165, 1.54) is 30.5 Å². The number of hydrogen-bond donors (Lipinski definition) is 1. The van der Waals surface area contributed by atoms with Crippen molar-refractivity contribution in [2.24, 2.45) is 5.10 Å². The number of hydrogen-bond acceptors (Lipinski definition) is 6. The van der Waals surface area contributed by atoms with Crippen molar-refractivity contribution in [3.05, 3.63) is 89.7 Å². The van der Waals surface area contributed by atoms with Gasteiger partial charge in [-0.25, -0.2) is 14.6 Å². The van der Waals surface area contributed by atoms with E-state index >= 15 is 0 Å². The maximum absolute atomic E-state index is 12.8. The minimum Gasteiger partial charge on any atom is -0.497 e. The fourth-order valence-corrected chi connectivity index (χ4v) is 2.44. The van der Waals surface area contributed by atoms with E-state index in [0.29, 0.717) is 28.4 Å². The number of halogens is 1. The maximum atomic E-state index is 12.8. The molecule has 8 heteroatoms. The summed E-state index contributed by atoms with van der Waals surface area (Å²) >= 11 is 0. The highest BCUT2D eigenvalue weighted by Crippen LogP contribution is 2.16. The molecule has 1 amide bonds. The van der Waals surface area contributed by atoms with Crippen LogP contribution in [0.15, 0.2) is 77.9 Å². The number of methoxy groups -OCH3 is 1. The predicted octanol–water partition coefficient (Wildman–Crippen LogP) is 3.58. The lowest BCUT2D eigenvalue weighted by atomic mass is 10.2. The molecular formula is C23H19FN2O5. The normalized spacial score (nSPS) is 10.5. The van der Waals surface area contributed by atoms with Gasteiger partial charge in [0.05, 0.1) is 18.9 Å². The summed E-state index contributed by atoms with van der Waals surface area (Å²) in [5, 5.41) is 3.85. The number of carbonyl (C=O) groups excluding carboxylic acids is 2. The van der Waals surface area contributed by atoms with Crippen LogP contribution < -0.4 is 19.6 Å². The van der Waals surface area contributed by atoms with Crippen LogP contribution in [0.5, 0.6) is 17.2 Å². The van der Waals surface area contributed by atoms with Crippen molar-refractivity contribution in [1.29, 1.82) is 0 Å². The van der Waals surface area contributed by atoms with Gasteiger partial charge in [0.25, 0.3) is 5.91 Å². The number of nitrogens with zero attached hydrogens (tertiary/aromatic N) is 1. The first-order valence-electron chi connectivity index (χ1n) is 9.20. The number of rotatable bonds is 8.